The van der Waals surface area contributed by atoms with Crippen molar-refractivity contribution in [1.82, 2.24) is 0 Å². The van der Waals surface area contributed by atoms with Crippen LogP contribution in [0.4, 0.5) is 0 Å². The van der Waals surface area contributed by atoms with E-state index < -0.39 is 0 Å². The van der Waals surface area contributed by atoms with Crippen molar-refractivity contribution >= 4 is 27.7 Å². The van der Waals surface area contributed by atoms with E-state index in [0.717, 1.165) is 12.8 Å². The Morgan fingerprint density at radius 2 is 2.38 bits per heavy atom. The van der Waals surface area contributed by atoms with Crippen LogP contribution in [0.15, 0.2) is 27.6 Å². The summed E-state index contributed by atoms with van der Waals surface area (Å²) in [6.45, 7) is 0.295. The lowest BCUT2D eigenvalue weighted by atomic mass is 10.1. The van der Waals surface area contributed by atoms with Crippen molar-refractivity contribution in [2.45, 2.75) is 23.0 Å². The maximum absolute atomic E-state index is 8.85. The lowest BCUT2D eigenvalue weighted by Crippen LogP contribution is -2.03. The summed E-state index contributed by atoms with van der Waals surface area (Å²) in [5.74, 6) is 0. The lowest BCUT2D eigenvalue weighted by Gasteiger charge is -2.03. The van der Waals surface area contributed by atoms with Crippen LogP contribution in [0.1, 0.15) is 12.0 Å². The number of halogens is 1. The fourth-order valence-electron chi connectivity index (χ4n) is 1.60. The normalized spacial score (nSPS) is 20.3. The Morgan fingerprint density at radius 1 is 1.54 bits per heavy atom. The summed E-state index contributed by atoms with van der Waals surface area (Å²) in [5, 5.41) is 9.42. The molecule has 0 saturated heterocycles. The fraction of sp³-hybridized carbons (Fsp3) is 0.400. The van der Waals surface area contributed by atoms with Crippen molar-refractivity contribution in [3.05, 3.63) is 28.2 Å². The highest BCUT2D eigenvalue weighted by Gasteiger charge is 2.22. The van der Waals surface area contributed by atoms with Crippen molar-refractivity contribution in [2.24, 2.45) is 0 Å². The van der Waals surface area contributed by atoms with E-state index in [1.165, 1.54) is 14.9 Å². The first-order valence-corrected chi connectivity index (χ1v) is 6.03. The first-order chi connectivity index (χ1) is 6.31. The number of thioether (sulfide) groups is 1. The molecule has 2 rings (SSSR count). The van der Waals surface area contributed by atoms with Crippen LogP contribution in [0, 0.1) is 0 Å². The topological polar surface area (TPSA) is 20.2 Å². The largest absolute Gasteiger partial charge is 0.396 e. The molecule has 1 unspecified atom stereocenters. The molecule has 1 N–H and O–H groups in total. The van der Waals surface area contributed by atoms with E-state index in [1.54, 1.807) is 0 Å². The Labute approximate surface area is 90.7 Å². The van der Waals surface area contributed by atoms with Gasteiger partial charge in [-0.15, -0.1) is 11.8 Å². The van der Waals surface area contributed by atoms with Gasteiger partial charge in [0.15, 0.2) is 0 Å². The molecule has 0 aromatic heterocycles. The molecule has 13 heavy (non-hydrogen) atoms. The number of hydrogen-bond acceptors (Lipinski definition) is 2. The molecule has 1 aromatic rings. The van der Waals surface area contributed by atoms with Gasteiger partial charge in [0.2, 0.25) is 0 Å². The molecule has 0 amide bonds. The molecule has 1 atom stereocenters. The number of rotatable bonds is 2. The van der Waals surface area contributed by atoms with E-state index in [4.69, 9.17) is 5.11 Å². The lowest BCUT2D eigenvalue weighted by molar-refractivity contribution is 0.287. The highest BCUT2D eigenvalue weighted by molar-refractivity contribution is 9.10. The second-order valence-corrected chi connectivity index (χ2v) is 5.37. The van der Waals surface area contributed by atoms with Crippen LogP contribution in [0.3, 0.4) is 0 Å². The Kier molecular flexibility index (Phi) is 2.96. The van der Waals surface area contributed by atoms with Crippen LogP contribution in [0.5, 0.6) is 0 Å². The molecule has 0 spiro atoms. The van der Waals surface area contributed by atoms with Gasteiger partial charge in [0.05, 0.1) is 0 Å². The van der Waals surface area contributed by atoms with E-state index in [9.17, 15) is 0 Å². The van der Waals surface area contributed by atoms with Gasteiger partial charge in [-0.1, -0.05) is 22.0 Å². The molecule has 0 bridgehead atoms. The van der Waals surface area contributed by atoms with Crippen molar-refractivity contribution < 1.29 is 5.11 Å². The van der Waals surface area contributed by atoms with Gasteiger partial charge in [0.25, 0.3) is 0 Å². The van der Waals surface area contributed by atoms with E-state index in [1.807, 2.05) is 11.8 Å². The Morgan fingerprint density at radius 3 is 3.08 bits per heavy atom. The van der Waals surface area contributed by atoms with Crippen LogP contribution < -0.4 is 0 Å². The second-order valence-electron chi connectivity index (χ2n) is 3.17. The summed E-state index contributed by atoms with van der Waals surface area (Å²) < 4.78 is 1.21. The van der Waals surface area contributed by atoms with Crippen molar-refractivity contribution in [3.8, 4) is 0 Å². The quantitative estimate of drug-likeness (QED) is 0.881. The molecule has 0 saturated carbocycles. The van der Waals surface area contributed by atoms with Crippen LogP contribution >= 0.6 is 27.7 Å². The third-order valence-electron chi connectivity index (χ3n) is 2.25. The van der Waals surface area contributed by atoms with Crippen LogP contribution in [-0.4, -0.2) is 17.0 Å². The molecule has 70 valence electrons. The van der Waals surface area contributed by atoms with Gasteiger partial charge in [0.1, 0.15) is 0 Å². The molecule has 0 aliphatic carbocycles. The Bertz CT molecular complexity index is 314. The standard InChI is InChI=1S/C10H11BrOS/c11-9-2-1-3-10-8(9)6-7(13-10)4-5-12/h1-3,7,12H,4-6H2. The molecule has 1 nitrogen and oxygen atoms in total. The van der Waals surface area contributed by atoms with Crippen LogP contribution in [0.25, 0.3) is 0 Å². The van der Waals surface area contributed by atoms with Gasteiger partial charge in [-0.25, -0.2) is 0 Å². The minimum absolute atomic E-state index is 0.295. The summed E-state index contributed by atoms with van der Waals surface area (Å²) in [6, 6.07) is 6.31. The van der Waals surface area contributed by atoms with Crippen molar-refractivity contribution in [1.29, 1.82) is 0 Å². The third kappa shape index (κ3) is 1.92. The molecule has 1 heterocycles. The van der Waals surface area contributed by atoms with Gasteiger partial charge in [0, 0.05) is 21.2 Å². The Balaban J connectivity index is 2.20. The minimum atomic E-state index is 0.295. The van der Waals surface area contributed by atoms with E-state index in [-0.39, 0.29) is 0 Å². The minimum Gasteiger partial charge on any atom is -0.396 e. The predicted octanol–water partition coefficient (Wildman–Crippen LogP) is 2.85. The van der Waals surface area contributed by atoms with Gasteiger partial charge in [-0.3, -0.25) is 0 Å². The number of fused-ring (bicyclic) bond motifs is 1. The maximum Gasteiger partial charge on any atom is 0.0441 e. The molecule has 1 aromatic carbocycles. The molecule has 1 aliphatic rings. The second kappa shape index (κ2) is 4.03. The van der Waals surface area contributed by atoms with Crippen LogP contribution in [0.2, 0.25) is 0 Å². The molecular weight excluding hydrogens is 248 g/mol. The predicted molar refractivity (Wildman–Crippen MR) is 59.2 cm³/mol. The number of benzene rings is 1. The average Bonchev–Trinajstić information content (AvgIpc) is 2.49. The molecular formula is C10H11BrOS. The third-order valence-corrected chi connectivity index (χ3v) is 4.37. The van der Waals surface area contributed by atoms with Gasteiger partial charge >= 0.3 is 0 Å². The van der Waals surface area contributed by atoms with Crippen LogP contribution in [-0.2, 0) is 6.42 Å². The highest BCUT2D eigenvalue weighted by atomic mass is 79.9. The van der Waals surface area contributed by atoms with E-state index in [0.29, 0.717) is 11.9 Å². The zero-order valence-electron chi connectivity index (χ0n) is 7.16. The summed E-state index contributed by atoms with van der Waals surface area (Å²) in [4.78, 5) is 1.37. The van der Waals surface area contributed by atoms with Gasteiger partial charge < -0.3 is 5.11 Å². The molecule has 0 radical (unpaired) electrons. The summed E-state index contributed by atoms with van der Waals surface area (Å²) in [5.41, 5.74) is 1.41. The summed E-state index contributed by atoms with van der Waals surface area (Å²) >= 11 is 5.43. The monoisotopic (exact) mass is 258 g/mol. The highest BCUT2D eigenvalue weighted by Crippen LogP contribution is 2.41. The number of hydrogen-bond donors (Lipinski definition) is 1. The molecule has 1 aliphatic heterocycles. The number of aliphatic hydroxyl groups excluding tert-OH is 1. The van der Waals surface area contributed by atoms with Gasteiger partial charge in [-0.2, -0.15) is 0 Å². The first kappa shape index (κ1) is 9.56. The summed E-state index contributed by atoms with van der Waals surface area (Å²) in [6.07, 6.45) is 1.98. The zero-order chi connectivity index (χ0) is 9.26. The van der Waals surface area contributed by atoms with Gasteiger partial charge in [-0.05, 0) is 30.5 Å². The average molecular weight is 259 g/mol. The SMILES string of the molecule is OCCC1Cc2c(Br)cccc2S1. The fourth-order valence-corrected chi connectivity index (χ4v) is 3.59. The Hall–Kier alpha value is 0.01000. The number of aliphatic hydroxyl groups is 1. The maximum atomic E-state index is 8.85. The molecule has 3 heteroatoms. The van der Waals surface area contributed by atoms with Crippen molar-refractivity contribution in [2.75, 3.05) is 6.61 Å². The van der Waals surface area contributed by atoms with Crippen molar-refractivity contribution in [3.63, 3.8) is 0 Å². The van der Waals surface area contributed by atoms with E-state index in [2.05, 4.69) is 34.1 Å². The van der Waals surface area contributed by atoms with E-state index >= 15 is 0 Å². The summed E-state index contributed by atoms with van der Waals surface area (Å²) in [7, 11) is 0. The molecule has 0 fully saturated rings. The first-order valence-electron chi connectivity index (χ1n) is 4.36. The zero-order valence-corrected chi connectivity index (χ0v) is 9.57. The smallest absolute Gasteiger partial charge is 0.0441 e.